The quantitative estimate of drug-likeness (QED) is 0.724. The first-order chi connectivity index (χ1) is 12.9. The third kappa shape index (κ3) is 4.36. The van der Waals surface area contributed by atoms with Crippen LogP contribution in [0.1, 0.15) is 32.0 Å². The van der Waals surface area contributed by atoms with Gasteiger partial charge in [-0.25, -0.2) is 4.39 Å². The second-order valence-electron chi connectivity index (χ2n) is 6.12. The van der Waals surface area contributed by atoms with E-state index in [1.165, 1.54) is 36.5 Å². The van der Waals surface area contributed by atoms with Gasteiger partial charge in [0, 0.05) is 23.1 Å². The summed E-state index contributed by atoms with van der Waals surface area (Å²) in [7, 11) is 0. The van der Waals surface area contributed by atoms with Crippen molar-refractivity contribution in [2.45, 2.75) is 13.8 Å². The number of nitrogens with zero attached hydrogens (tertiary/aromatic N) is 1. The summed E-state index contributed by atoms with van der Waals surface area (Å²) in [6.07, 6.45) is 1.39. The number of amides is 2. The highest BCUT2D eigenvalue weighted by Crippen LogP contribution is 2.20. The summed E-state index contributed by atoms with van der Waals surface area (Å²) >= 11 is 0. The lowest BCUT2D eigenvalue weighted by molar-refractivity contribution is 0.102. The lowest BCUT2D eigenvalue weighted by Gasteiger charge is -2.11. The lowest BCUT2D eigenvalue weighted by Crippen LogP contribution is -2.18. The van der Waals surface area contributed by atoms with Gasteiger partial charge in [0.2, 0.25) is 0 Å². The second kappa shape index (κ2) is 7.78. The van der Waals surface area contributed by atoms with E-state index in [-0.39, 0.29) is 11.3 Å². The fourth-order valence-electron chi connectivity index (χ4n) is 2.65. The van der Waals surface area contributed by atoms with Crippen molar-refractivity contribution in [3.63, 3.8) is 0 Å². The Morgan fingerprint density at radius 2 is 1.59 bits per heavy atom. The van der Waals surface area contributed by atoms with Crippen LogP contribution >= 0.6 is 0 Å². The van der Waals surface area contributed by atoms with Crippen LogP contribution in [0, 0.1) is 19.7 Å². The second-order valence-corrected chi connectivity index (χ2v) is 6.12. The average Bonchev–Trinajstić information content (AvgIpc) is 2.65. The number of hydrogen-bond acceptors (Lipinski definition) is 3. The Balaban J connectivity index is 1.78. The van der Waals surface area contributed by atoms with E-state index in [9.17, 15) is 14.0 Å². The summed E-state index contributed by atoms with van der Waals surface area (Å²) in [4.78, 5) is 29.0. The van der Waals surface area contributed by atoms with Crippen molar-refractivity contribution in [1.29, 1.82) is 0 Å². The van der Waals surface area contributed by atoms with Crippen LogP contribution in [0.2, 0.25) is 0 Å². The third-order valence-electron chi connectivity index (χ3n) is 4.06. The summed E-state index contributed by atoms with van der Waals surface area (Å²) in [6.45, 7) is 3.80. The number of benzene rings is 2. The van der Waals surface area contributed by atoms with Crippen LogP contribution in [0.5, 0.6) is 0 Å². The zero-order valence-electron chi connectivity index (χ0n) is 14.9. The molecule has 0 aliphatic carbocycles. The maximum atomic E-state index is 13.2. The van der Waals surface area contributed by atoms with Crippen molar-refractivity contribution in [3.05, 3.63) is 89.0 Å². The molecule has 0 aliphatic rings. The van der Waals surface area contributed by atoms with Crippen LogP contribution in [-0.2, 0) is 0 Å². The topological polar surface area (TPSA) is 71.1 Å². The molecule has 3 aromatic rings. The summed E-state index contributed by atoms with van der Waals surface area (Å²) in [5, 5.41) is 5.43. The third-order valence-corrected chi connectivity index (χ3v) is 4.06. The Morgan fingerprint density at radius 3 is 2.30 bits per heavy atom. The maximum Gasteiger partial charge on any atom is 0.274 e. The number of carbonyl (C=O) groups is 2. The molecule has 0 spiro atoms. The van der Waals surface area contributed by atoms with Gasteiger partial charge < -0.3 is 10.6 Å². The van der Waals surface area contributed by atoms with Gasteiger partial charge in [-0.2, -0.15) is 0 Å². The molecule has 2 N–H and O–H groups in total. The maximum absolute atomic E-state index is 13.2. The minimum Gasteiger partial charge on any atom is -0.322 e. The number of para-hydroxylation sites is 1. The van der Waals surface area contributed by atoms with E-state index in [4.69, 9.17) is 0 Å². The van der Waals surface area contributed by atoms with Gasteiger partial charge in [0.15, 0.2) is 0 Å². The van der Waals surface area contributed by atoms with Crippen LogP contribution in [0.15, 0.2) is 60.8 Å². The number of nitrogens with one attached hydrogen (secondary N) is 2. The summed E-state index contributed by atoms with van der Waals surface area (Å²) in [5.74, 6) is -1.31. The van der Waals surface area contributed by atoms with Crippen molar-refractivity contribution in [2.75, 3.05) is 10.6 Å². The average molecular weight is 363 g/mol. The molecule has 5 nitrogen and oxygen atoms in total. The van der Waals surface area contributed by atoms with Gasteiger partial charge in [0.1, 0.15) is 11.5 Å². The molecule has 3 rings (SSSR count). The molecule has 0 fully saturated rings. The molecule has 0 unspecified atom stereocenters. The number of halogens is 1. The Labute approximate surface area is 156 Å². The molecule has 27 heavy (non-hydrogen) atoms. The van der Waals surface area contributed by atoms with E-state index in [0.717, 1.165) is 16.8 Å². The Bertz CT molecular complexity index is 998. The Hall–Kier alpha value is -3.54. The van der Waals surface area contributed by atoms with Crippen LogP contribution in [0.4, 0.5) is 15.8 Å². The predicted octanol–water partition coefficient (Wildman–Crippen LogP) is 4.34. The minimum absolute atomic E-state index is 0.115. The predicted molar refractivity (Wildman–Crippen MR) is 102 cm³/mol. The number of carbonyl (C=O) groups excluding carboxylic acids is 2. The SMILES string of the molecule is Cc1cccc(C)c1NC(=O)c1cc(C(=O)Nc2cccc(F)c2)ccn1. The normalized spacial score (nSPS) is 10.3. The van der Waals surface area contributed by atoms with Gasteiger partial charge in [-0.15, -0.1) is 0 Å². The molecular formula is C21H18FN3O2. The first-order valence-corrected chi connectivity index (χ1v) is 8.34. The number of anilines is 2. The van der Waals surface area contributed by atoms with Crippen LogP contribution < -0.4 is 10.6 Å². The highest BCUT2D eigenvalue weighted by molar-refractivity contribution is 6.08. The first kappa shape index (κ1) is 18.3. The molecular weight excluding hydrogens is 345 g/mol. The highest BCUT2D eigenvalue weighted by Gasteiger charge is 2.14. The monoisotopic (exact) mass is 363 g/mol. The number of rotatable bonds is 4. The van der Waals surface area contributed by atoms with Crippen molar-refractivity contribution in [2.24, 2.45) is 0 Å². The first-order valence-electron chi connectivity index (χ1n) is 8.34. The lowest BCUT2D eigenvalue weighted by atomic mass is 10.1. The van der Waals surface area contributed by atoms with Gasteiger partial charge >= 0.3 is 0 Å². The van der Waals surface area contributed by atoms with E-state index < -0.39 is 17.6 Å². The fourth-order valence-corrected chi connectivity index (χ4v) is 2.65. The van der Waals surface area contributed by atoms with E-state index in [0.29, 0.717) is 5.69 Å². The summed E-state index contributed by atoms with van der Waals surface area (Å²) in [5.41, 5.74) is 3.29. The number of pyridine rings is 1. The van der Waals surface area contributed by atoms with Crippen LogP contribution in [0.25, 0.3) is 0 Å². The number of aryl methyl sites for hydroxylation is 2. The minimum atomic E-state index is -0.455. The molecule has 2 aromatic carbocycles. The highest BCUT2D eigenvalue weighted by atomic mass is 19.1. The smallest absolute Gasteiger partial charge is 0.274 e. The molecule has 2 amide bonds. The summed E-state index contributed by atoms with van der Waals surface area (Å²) < 4.78 is 13.2. The molecule has 0 atom stereocenters. The van der Waals surface area contributed by atoms with Gasteiger partial charge in [-0.1, -0.05) is 24.3 Å². The largest absolute Gasteiger partial charge is 0.322 e. The van der Waals surface area contributed by atoms with E-state index in [1.54, 1.807) is 6.07 Å². The summed E-state index contributed by atoms with van der Waals surface area (Å²) in [6, 6.07) is 14.2. The molecule has 1 aromatic heterocycles. The van der Waals surface area contributed by atoms with E-state index in [1.807, 2.05) is 32.0 Å². The number of hydrogen-bond donors (Lipinski definition) is 2. The van der Waals surface area contributed by atoms with Gasteiger partial charge in [0.05, 0.1) is 0 Å². The standard InChI is InChI=1S/C21H18FN3O2/c1-13-5-3-6-14(2)19(13)25-21(27)18-11-15(9-10-23-18)20(26)24-17-8-4-7-16(22)12-17/h3-12H,1-2H3,(H,24,26)(H,25,27). The molecule has 0 bridgehead atoms. The molecule has 0 radical (unpaired) electrons. The zero-order valence-corrected chi connectivity index (χ0v) is 14.9. The molecule has 0 aliphatic heterocycles. The molecule has 0 saturated carbocycles. The van der Waals surface area contributed by atoms with Crippen molar-refractivity contribution < 1.29 is 14.0 Å². The van der Waals surface area contributed by atoms with E-state index >= 15 is 0 Å². The van der Waals surface area contributed by atoms with Crippen molar-refractivity contribution in [1.82, 2.24) is 4.98 Å². The Morgan fingerprint density at radius 1 is 0.889 bits per heavy atom. The van der Waals surface area contributed by atoms with Gasteiger partial charge in [-0.3, -0.25) is 14.6 Å². The van der Waals surface area contributed by atoms with Crippen molar-refractivity contribution >= 4 is 23.2 Å². The van der Waals surface area contributed by atoms with Crippen LogP contribution in [0.3, 0.4) is 0 Å². The van der Waals surface area contributed by atoms with Crippen LogP contribution in [-0.4, -0.2) is 16.8 Å². The van der Waals surface area contributed by atoms with E-state index in [2.05, 4.69) is 15.6 Å². The van der Waals surface area contributed by atoms with Gasteiger partial charge in [-0.05, 0) is 55.3 Å². The molecule has 0 saturated heterocycles. The fraction of sp³-hybridized carbons (Fsp3) is 0.0952. The molecule has 1 heterocycles. The number of aromatic nitrogens is 1. The molecule has 136 valence electrons. The zero-order chi connectivity index (χ0) is 19.4. The Kier molecular flexibility index (Phi) is 5.26. The van der Waals surface area contributed by atoms with Crippen molar-refractivity contribution in [3.8, 4) is 0 Å². The van der Waals surface area contributed by atoms with Gasteiger partial charge in [0.25, 0.3) is 11.8 Å². The molecule has 6 heteroatoms.